The standard InChI is InChI=1S/C12H15NO3/c1-9(8-14)13-12(16)11(15)7-10-5-3-2-4-6-10/h2-6,8-9,11,15H,7H2,1H3,(H,13,16)/t9-,11?/m0/s1. The monoisotopic (exact) mass is 221 g/mol. The number of amides is 1. The Morgan fingerprint density at radius 1 is 1.44 bits per heavy atom. The highest BCUT2D eigenvalue weighted by molar-refractivity contribution is 5.83. The van der Waals surface area contributed by atoms with E-state index in [1.807, 2.05) is 30.3 Å². The second kappa shape index (κ2) is 6.02. The summed E-state index contributed by atoms with van der Waals surface area (Å²) in [5.41, 5.74) is 0.879. The molecule has 1 aromatic rings. The molecule has 0 heterocycles. The predicted molar refractivity (Wildman–Crippen MR) is 59.8 cm³/mol. The van der Waals surface area contributed by atoms with Crippen LogP contribution < -0.4 is 5.32 Å². The van der Waals surface area contributed by atoms with Crippen molar-refractivity contribution >= 4 is 12.2 Å². The molecule has 1 aromatic carbocycles. The Bertz CT molecular complexity index is 351. The van der Waals surface area contributed by atoms with Crippen LogP contribution in [0.3, 0.4) is 0 Å². The zero-order chi connectivity index (χ0) is 12.0. The van der Waals surface area contributed by atoms with Crippen molar-refractivity contribution < 1.29 is 14.7 Å². The molecule has 2 N–H and O–H groups in total. The molecule has 0 aromatic heterocycles. The smallest absolute Gasteiger partial charge is 0.249 e. The van der Waals surface area contributed by atoms with Gasteiger partial charge in [-0.25, -0.2) is 0 Å². The number of rotatable bonds is 5. The first kappa shape index (κ1) is 12.4. The van der Waals surface area contributed by atoms with E-state index in [4.69, 9.17) is 0 Å². The highest BCUT2D eigenvalue weighted by atomic mass is 16.3. The van der Waals surface area contributed by atoms with Crippen molar-refractivity contribution in [1.29, 1.82) is 0 Å². The van der Waals surface area contributed by atoms with Crippen molar-refractivity contribution in [2.45, 2.75) is 25.5 Å². The number of hydrogen-bond acceptors (Lipinski definition) is 3. The second-order valence-electron chi connectivity index (χ2n) is 3.64. The fourth-order valence-corrected chi connectivity index (χ4v) is 1.28. The maximum absolute atomic E-state index is 11.4. The fraction of sp³-hybridized carbons (Fsp3) is 0.333. The number of hydrogen-bond donors (Lipinski definition) is 2. The largest absolute Gasteiger partial charge is 0.383 e. The van der Waals surface area contributed by atoms with Crippen LogP contribution in [0.5, 0.6) is 0 Å². The van der Waals surface area contributed by atoms with Crippen LogP contribution in [0, 0.1) is 0 Å². The van der Waals surface area contributed by atoms with Crippen LogP contribution in [0.1, 0.15) is 12.5 Å². The van der Waals surface area contributed by atoms with E-state index in [0.717, 1.165) is 5.56 Å². The third kappa shape index (κ3) is 3.82. The number of carbonyl (C=O) groups excluding carboxylic acids is 2. The van der Waals surface area contributed by atoms with E-state index in [9.17, 15) is 14.7 Å². The molecule has 86 valence electrons. The van der Waals surface area contributed by atoms with E-state index < -0.39 is 18.1 Å². The quantitative estimate of drug-likeness (QED) is 0.702. The molecule has 0 saturated heterocycles. The Labute approximate surface area is 94.3 Å². The first-order valence-electron chi connectivity index (χ1n) is 5.11. The molecular weight excluding hydrogens is 206 g/mol. The minimum Gasteiger partial charge on any atom is -0.383 e. The van der Waals surface area contributed by atoms with Crippen LogP contribution in [-0.4, -0.2) is 29.4 Å². The van der Waals surface area contributed by atoms with Gasteiger partial charge in [-0.15, -0.1) is 0 Å². The van der Waals surface area contributed by atoms with Crippen molar-refractivity contribution in [3.63, 3.8) is 0 Å². The van der Waals surface area contributed by atoms with Gasteiger partial charge in [0.05, 0.1) is 6.04 Å². The summed E-state index contributed by atoms with van der Waals surface area (Å²) in [5, 5.41) is 12.0. The van der Waals surface area contributed by atoms with Crippen LogP contribution >= 0.6 is 0 Å². The van der Waals surface area contributed by atoms with Gasteiger partial charge in [0.25, 0.3) is 0 Å². The molecule has 0 saturated carbocycles. The first-order chi connectivity index (χ1) is 7.63. The summed E-state index contributed by atoms with van der Waals surface area (Å²) in [6.07, 6.45) is -0.254. The van der Waals surface area contributed by atoms with Crippen LogP contribution in [0.4, 0.5) is 0 Å². The molecule has 0 spiro atoms. The SMILES string of the molecule is C[C@@H](C=O)NC(=O)C(O)Cc1ccccc1. The van der Waals surface area contributed by atoms with Gasteiger partial charge < -0.3 is 15.2 Å². The van der Waals surface area contributed by atoms with Gasteiger partial charge in [-0.1, -0.05) is 30.3 Å². The Kier molecular flexibility index (Phi) is 4.66. The first-order valence-corrected chi connectivity index (χ1v) is 5.11. The molecule has 1 amide bonds. The van der Waals surface area contributed by atoms with Crippen molar-refractivity contribution in [1.82, 2.24) is 5.32 Å². The van der Waals surface area contributed by atoms with Crippen molar-refractivity contribution in [2.24, 2.45) is 0 Å². The maximum Gasteiger partial charge on any atom is 0.249 e. The summed E-state index contributed by atoms with van der Waals surface area (Å²) in [7, 11) is 0. The van der Waals surface area contributed by atoms with Gasteiger partial charge in [0.1, 0.15) is 12.4 Å². The number of carbonyl (C=O) groups is 2. The van der Waals surface area contributed by atoms with Crippen LogP contribution in [0.25, 0.3) is 0 Å². The molecule has 2 atom stereocenters. The molecule has 4 nitrogen and oxygen atoms in total. The molecule has 0 aliphatic heterocycles. The number of nitrogens with one attached hydrogen (secondary N) is 1. The molecular formula is C12H15NO3. The Hall–Kier alpha value is -1.68. The number of benzene rings is 1. The van der Waals surface area contributed by atoms with Gasteiger partial charge >= 0.3 is 0 Å². The lowest BCUT2D eigenvalue weighted by Gasteiger charge is -2.12. The molecule has 0 radical (unpaired) electrons. The average molecular weight is 221 g/mol. The summed E-state index contributed by atoms with van der Waals surface area (Å²) in [4.78, 5) is 21.7. The summed E-state index contributed by atoms with van der Waals surface area (Å²) < 4.78 is 0. The predicted octanol–water partition coefficient (Wildman–Crippen LogP) is 0.294. The van der Waals surface area contributed by atoms with Gasteiger partial charge in [-0.3, -0.25) is 4.79 Å². The van der Waals surface area contributed by atoms with Crippen molar-refractivity contribution in [2.75, 3.05) is 0 Å². The molecule has 1 rings (SSSR count). The minimum atomic E-state index is -1.12. The summed E-state index contributed by atoms with van der Waals surface area (Å²) in [5.74, 6) is -0.525. The Balaban J connectivity index is 2.49. The fourth-order valence-electron chi connectivity index (χ4n) is 1.28. The molecule has 4 heteroatoms. The number of aliphatic hydroxyl groups excluding tert-OH is 1. The summed E-state index contributed by atoms with van der Waals surface area (Å²) >= 11 is 0. The molecule has 0 aliphatic rings. The van der Waals surface area contributed by atoms with Crippen LogP contribution in [0.2, 0.25) is 0 Å². The van der Waals surface area contributed by atoms with E-state index in [1.165, 1.54) is 0 Å². The molecule has 1 unspecified atom stereocenters. The van der Waals surface area contributed by atoms with E-state index in [-0.39, 0.29) is 6.42 Å². The van der Waals surface area contributed by atoms with Crippen LogP contribution in [0.15, 0.2) is 30.3 Å². The lowest BCUT2D eigenvalue weighted by Crippen LogP contribution is -2.41. The topological polar surface area (TPSA) is 66.4 Å². The maximum atomic E-state index is 11.4. The molecule has 0 aliphatic carbocycles. The Morgan fingerprint density at radius 2 is 2.06 bits per heavy atom. The van der Waals surface area contributed by atoms with E-state index >= 15 is 0 Å². The number of aliphatic hydroxyl groups is 1. The lowest BCUT2D eigenvalue weighted by molar-refractivity contribution is -0.131. The lowest BCUT2D eigenvalue weighted by atomic mass is 10.1. The average Bonchev–Trinajstić information content (AvgIpc) is 2.30. The van der Waals surface area contributed by atoms with Crippen molar-refractivity contribution in [3.05, 3.63) is 35.9 Å². The van der Waals surface area contributed by atoms with Gasteiger partial charge in [0.2, 0.25) is 5.91 Å². The summed E-state index contributed by atoms with van der Waals surface area (Å²) in [6, 6.07) is 8.64. The third-order valence-electron chi connectivity index (χ3n) is 2.15. The van der Waals surface area contributed by atoms with E-state index in [1.54, 1.807) is 6.92 Å². The van der Waals surface area contributed by atoms with Gasteiger partial charge in [-0.05, 0) is 12.5 Å². The number of aldehydes is 1. The summed E-state index contributed by atoms with van der Waals surface area (Å²) in [6.45, 7) is 1.56. The van der Waals surface area contributed by atoms with E-state index in [0.29, 0.717) is 6.29 Å². The molecule has 0 bridgehead atoms. The normalized spacial score (nSPS) is 13.9. The molecule has 16 heavy (non-hydrogen) atoms. The zero-order valence-corrected chi connectivity index (χ0v) is 9.09. The van der Waals surface area contributed by atoms with Crippen LogP contribution in [-0.2, 0) is 16.0 Å². The Morgan fingerprint density at radius 3 is 2.62 bits per heavy atom. The molecule has 0 fully saturated rings. The van der Waals surface area contributed by atoms with Gasteiger partial charge in [-0.2, -0.15) is 0 Å². The van der Waals surface area contributed by atoms with Gasteiger partial charge in [0.15, 0.2) is 0 Å². The second-order valence-corrected chi connectivity index (χ2v) is 3.64. The zero-order valence-electron chi connectivity index (χ0n) is 9.09. The highest BCUT2D eigenvalue weighted by Crippen LogP contribution is 2.03. The van der Waals surface area contributed by atoms with Crippen molar-refractivity contribution in [3.8, 4) is 0 Å². The van der Waals surface area contributed by atoms with Gasteiger partial charge in [0, 0.05) is 6.42 Å². The van der Waals surface area contributed by atoms with E-state index in [2.05, 4.69) is 5.32 Å². The highest BCUT2D eigenvalue weighted by Gasteiger charge is 2.16. The minimum absolute atomic E-state index is 0.248. The third-order valence-corrected chi connectivity index (χ3v) is 2.15.